The number of rotatable bonds is 1. The Bertz CT molecular complexity index is 626. The molecule has 0 bridgehead atoms. The SMILES string of the molecule is CN(C)c1nn(C(C)(C)C)c2ncnc(C(C)(C)C)c12. The zero-order valence-corrected chi connectivity index (χ0v) is 13.8. The van der Waals surface area contributed by atoms with Crippen molar-refractivity contribution in [3.8, 4) is 0 Å². The van der Waals surface area contributed by atoms with Crippen LogP contribution in [0.25, 0.3) is 11.0 Å². The van der Waals surface area contributed by atoms with Crippen molar-refractivity contribution < 1.29 is 0 Å². The molecule has 0 aromatic carbocycles. The highest BCUT2D eigenvalue weighted by Gasteiger charge is 2.28. The molecule has 20 heavy (non-hydrogen) atoms. The van der Waals surface area contributed by atoms with Crippen LogP contribution in [-0.2, 0) is 11.0 Å². The smallest absolute Gasteiger partial charge is 0.164 e. The Balaban J connectivity index is 2.91. The Morgan fingerprint density at radius 1 is 1.00 bits per heavy atom. The van der Waals surface area contributed by atoms with Gasteiger partial charge in [0, 0.05) is 19.5 Å². The average molecular weight is 275 g/mol. The molecule has 5 nitrogen and oxygen atoms in total. The Kier molecular flexibility index (Phi) is 3.27. The van der Waals surface area contributed by atoms with E-state index in [-0.39, 0.29) is 11.0 Å². The molecular formula is C15H25N5. The van der Waals surface area contributed by atoms with Crippen LogP contribution < -0.4 is 4.90 Å². The second-order valence-corrected chi connectivity index (χ2v) is 7.47. The van der Waals surface area contributed by atoms with Crippen LogP contribution in [0.4, 0.5) is 5.82 Å². The molecule has 0 aliphatic carbocycles. The lowest BCUT2D eigenvalue weighted by atomic mass is 9.90. The molecule has 0 saturated carbocycles. The third-order valence-electron chi connectivity index (χ3n) is 3.22. The minimum Gasteiger partial charge on any atom is -0.361 e. The zero-order valence-electron chi connectivity index (χ0n) is 13.8. The van der Waals surface area contributed by atoms with Crippen molar-refractivity contribution in [2.45, 2.75) is 52.5 Å². The van der Waals surface area contributed by atoms with Gasteiger partial charge in [0.15, 0.2) is 11.5 Å². The van der Waals surface area contributed by atoms with Gasteiger partial charge in [0.05, 0.1) is 16.6 Å². The van der Waals surface area contributed by atoms with Gasteiger partial charge < -0.3 is 4.90 Å². The fraction of sp³-hybridized carbons (Fsp3) is 0.667. The summed E-state index contributed by atoms with van der Waals surface area (Å²) in [7, 11) is 4.02. The van der Waals surface area contributed by atoms with E-state index >= 15 is 0 Å². The summed E-state index contributed by atoms with van der Waals surface area (Å²) in [4.78, 5) is 11.0. The number of hydrogen-bond acceptors (Lipinski definition) is 4. The van der Waals surface area contributed by atoms with Gasteiger partial charge in [0.2, 0.25) is 0 Å². The Hall–Kier alpha value is -1.65. The van der Waals surface area contributed by atoms with Crippen LogP contribution in [0.5, 0.6) is 0 Å². The molecular weight excluding hydrogens is 250 g/mol. The lowest BCUT2D eigenvalue weighted by Crippen LogP contribution is -2.24. The summed E-state index contributed by atoms with van der Waals surface area (Å²) >= 11 is 0. The lowest BCUT2D eigenvalue weighted by molar-refractivity contribution is 0.366. The van der Waals surface area contributed by atoms with Crippen LogP contribution in [-0.4, -0.2) is 33.8 Å². The molecule has 0 N–H and O–H groups in total. The molecule has 0 saturated heterocycles. The summed E-state index contributed by atoms with van der Waals surface area (Å²) in [6.45, 7) is 12.9. The monoisotopic (exact) mass is 275 g/mol. The van der Waals surface area contributed by atoms with E-state index in [1.165, 1.54) is 0 Å². The van der Waals surface area contributed by atoms with Crippen molar-refractivity contribution in [3.63, 3.8) is 0 Å². The molecule has 0 radical (unpaired) electrons. The van der Waals surface area contributed by atoms with Crippen LogP contribution in [0.1, 0.15) is 47.2 Å². The summed E-state index contributed by atoms with van der Waals surface area (Å²) in [5, 5.41) is 5.83. The maximum atomic E-state index is 4.77. The number of aromatic nitrogens is 4. The lowest BCUT2D eigenvalue weighted by Gasteiger charge is -2.21. The van der Waals surface area contributed by atoms with Gasteiger partial charge in [-0.15, -0.1) is 0 Å². The molecule has 0 aliphatic rings. The summed E-state index contributed by atoms with van der Waals surface area (Å²) in [5.74, 6) is 0.931. The molecule has 0 spiro atoms. The first-order valence-corrected chi connectivity index (χ1v) is 6.95. The van der Waals surface area contributed by atoms with Gasteiger partial charge in [-0.3, -0.25) is 0 Å². The molecule has 0 amide bonds. The second-order valence-electron chi connectivity index (χ2n) is 7.47. The summed E-state index contributed by atoms with van der Waals surface area (Å²) in [6.07, 6.45) is 1.65. The first kappa shape index (κ1) is 14.8. The molecule has 0 aliphatic heterocycles. The predicted molar refractivity (Wildman–Crippen MR) is 83.3 cm³/mol. The van der Waals surface area contributed by atoms with Crippen molar-refractivity contribution >= 4 is 16.9 Å². The zero-order chi connectivity index (χ0) is 15.3. The minimum atomic E-state index is -0.115. The molecule has 2 rings (SSSR count). The van der Waals surface area contributed by atoms with Gasteiger partial charge in [-0.25, -0.2) is 14.6 Å². The third kappa shape index (κ3) is 2.37. The molecule has 2 heterocycles. The molecule has 110 valence electrons. The predicted octanol–water partition coefficient (Wildman–Crippen LogP) is 2.94. The number of hydrogen-bond donors (Lipinski definition) is 0. The number of fused-ring (bicyclic) bond motifs is 1. The van der Waals surface area contributed by atoms with E-state index in [0.29, 0.717) is 0 Å². The van der Waals surface area contributed by atoms with Crippen molar-refractivity contribution in [1.29, 1.82) is 0 Å². The van der Waals surface area contributed by atoms with Crippen LogP contribution in [0.15, 0.2) is 6.33 Å². The van der Waals surface area contributed by atoms with Gasteiger partial charge >= 0.3 is 0 Å². The molecule has 5 heteroatoms. The van der Waals surface area contributed by atoms with Crippen molar-refractivity contribution in [2.24, 2.45) is 0 Å². The van der Waals surface area contributed by atoms with Crippen LogP contribution in [0.3, 0.4) is 0 Å². The fourth-order valence-electron chi connectivity index (χ4n) is 2.28. The quantitative estimate of drug-likeness (QED) is 0.803. The van der Waals surface area contributed by atoms with Crippen LogP contribution in [0.2, 0.25) is 0 Å². The van der Waals surface area contributed by atoms with Gasteiger partial charge in [-0.1, -0.05) is 20.8 Å². The van der Waals surface area contributed by atoms with E-state index in [0.717, 1.165) is 22.5 Å². The highest BCUT2D eigenvalue weighted by Crippen LogP contribution is 2.34. The van der Waals surface area contributed by atoms with E-state index in [1.54, 1.807) is 6.33 Å². The molecule has 0 fully saturated rings. The van der Waals surface area contributed by atoms with E-state index in [2.05, 4.69) is 51.5 Å². The summed E-state index contributed by atoms with van der Waals surface area (Å²) in [6, 6.07) is 0. The van der Waals surface area contributed by atoms with Gasteiger partial charge in [-0.05, 0) is 20.8 Å². The second kappa shape index (κ2) is 4.43. The Morgan fingerprint density at radius 2 is 1.60 bits per heavy atom. The first-order chi connectivity index (χ1) is 9.03. The maximum absolute atomic E-state index is 4.77. The van der Waals surface area contributed by atoms with E-state index in [9.17, 15) is 0 Å². The number of nitrogens with zero attached hydrogens (tertiary/aromatic N) is 5. The Morgan fingerprint density at radius 3 is 2.05 bits per heavy atom. The van der Waals surface area contributed by atoms with Crippen molar-refractivity contribution in [2.75, 3.05) is 19.0 Å². The van der Waals surface area contributed by atoms with E-state index in [4.69, 9.17) is 5.10 Å². The molecule has 2 aromatic rings. The van der Waals surface area contributed by atoms with Gasteiger partial charge in [0.1, 0.15) is 6.33 Å². The van der Waals surface area contributed by atoms with Gasteiger partial charge in [0.25, 0.3) is 0 Å². The van der Waals surface area contributed by atoms with Gasteiger partial charge in [-0.2, -0.15) is 5.10 Å². The molecule has 0 unspecified atom stereocenters. The topological polar surface area (TPSA) is 46.8 Å². The number of anilines is 1. The highest BCUT2D eigenvalue weighted by molar-refractivity contribution is 5.91. The minimum absolute atomic E-state index is 0.0440. The average Bonchev–Trinajstić information content (AvgIpc) is 2.65. The highest BCUT2D eigenvalue weighted by atomic mass is 15.4. The first-order valence-electron chi connectivity index (χ1n) is 6.95. The van der Waals surface area contributed by atoms with Crippen LogP contribution in [0, 0.1) is 0 Å². The van der Waals surface area contributed by atoms with E-state index < -0.39 is 0 Å². The largest absolute Gasteiger partial charge is 0.361 e. The van der Waals surface area contributed by atoms with Crippen LogP contribution >= 0.6 is 0 Å². The van der Waals surface area contributed by atoms with E-state index in [1.807, 2.05) is 23.7 Å². The fourth-order valence-corrected chi connectivity index (χ4v) is 2.28. The van der Waals surface area contributed by atoms with Crippen molar-refractivity contribution in [1.82, 2.24) is 19.7 Å². The summed E-state index contributed by atoms with van der Waals surface area (Å²) in [5.41, 5.74) is 1.79. The Labute approximate surface area is 121 Å². The third-order valence-corrected chi connectivity index (χ3v) is 3.22. The normalized spacial score (nSPS) is 13.0. The molecule has 0 atom stereocenters. The standard InChI is InChI=1S/C15H25N5/c1-14(2,3)11-10-12(17-9-16-11)20(15(4,5)6)18-13(10)19(7)8/h9H,1-8H3. The van der Waals surface area contributed by atoms with Crippen molar-refractivity contribution in [3.05, 3.63) is 12.0 Å². The molecule has 2 aromatic heterocycles. The maximum Gasteiger partial charge on any atom is 0.164 e. The summed E-state index contributed by atoms with van der Waals surface area (Å²) < 4.78 is 1.99.